The van der Waals surface area contributed by atoms with E-state index >= 15 is 4.39 Å². The van der Waals surface area contributed by atoms with Crippen LogP contribution in [0.1, 0.15) is 54.9 Å². The molecule has 3 unspecified atom stereocenters. The first-order chi connectivity index (χ1) is 15.5. The zero-order chi connectivity index (χ0) is 26.5. The van der Waals surface area contributed by atoms with Gasteiger partial charge in [-0.25, -0.2) is 17.5 Å². The van der Waals surface area contributed by atoms with Crippen molar-refractivity contribution in [2.45, 2.75) is 90.7 Å². The number of alkyl halides is 1. The summed E-state index contributed by atoms with van der Waals surface area (Å²) >= 11 is 0. The van der Waals surface area contributed by atoms with Gasteiger partial charge in [-0.1, -0.05) is 6.92 Å². The number of halogens is 1. The summed E-state index contributed by atoms with van der Waals surface area (Å²) in [6.45, 7) is 7.26. The summed E-state index contributed by atoms with van der Waals surface area (Å²) in [6.07, 6.45) is -5.63. The van der Waals surface area contributed by atoms with Crippen LogP contribution in [0.2, 0.25) is 0 Å². The SMILES string of the molecule is CCCS(=O)(=O)NC1C(OC(C)=O)C(F)C(C)(C)O[C@]1(OC(C)=O)[C@@H](COC(C)=O)OC(C)=O. The molecule has 1 N–H and O–H groups in total. The van der Waals surface area contributed by atoms with Crippen molar-refractivity contribution < 1.29 is 55.7 Å². The van der Waals surface area contributed by atoms with Crippen molar-refractivity contribution in [3.63, 3.8) is 0 Å². The molecule has 14 heteroatoms. The predicted molar refractivity (Wildman–Crippen MR) is 113 cm³/mol. The molecule has 12 nitrogen and oxygen atoms in total. The molecule has 1 fully saturated rings. The van der Waals surface area contributed by atoms with Crippen LogP contribution < -0.4 is 4.72 Å². The Morgan fingerprint density at radius 3 is 2.06 bits per heavy atom. The van der Waals surface area contributed by atoms with Crippen molar-refractivity contribution >= 4 is 33.9 Å². The van der Waals surface area contributed by atoms with Crippen LogP contribution in [0, 0.1) is 0 Å². The van der Waals surface area contributed by atoms with Gasteiger partial charge < -0.3 is 23.7 Å². The summed E-state index contributed by atoms with van der Waals surface area (Å²) in [6, 6.07) is -1.93. The highest BCUT2D eigenvalue weighted by atomic mass is 32.2. The maximum absolute atomic E-state index is 15.5. The van der Waals surface area contributed by atoms with Crippen molar-refractivity contribution in [1.29, 1.82) is 0 Å². The Balaban J connectivity index is 3.89. The standard InChI is InChI=1S/C20H32FNO11S/c1-8-9-34(27,28)22-18-16(31-13(4)25)17(21)19(6,7)33-20(18,32-14(5)26)15(30-12(3)24)10-29-11(2)23/h15-18,22H,8-10H2,1-7H3/t15-,16?,17?,18?,20-/m1/s1. The Bertz CT molecular complexity index is 891. The maximum atomic E-state index is 15.5. The Morgan fingerprint density at radius 1 is 1.03 bits per heavy atom. The average Bonchev–Trinajstić information content (AvgIpc) is 2.64. The van der Waals surface area contributed by atoms with Crippen molar-refractivity contribution in [2.24, 2.45) is 0 Å². The van der Waals surface area contributed by atoms with E-state index in [1.54, 1.807) is 6.92 Å². The van der Waals surface area contributed by atoms with Crippen LogP contribution in [0.5, 0.6) is 0 Å². The summed E-state index contributed by atoms with van der Waals surface area (Å²) in [5.74, 6) is -6.77. The van der Waals surface area contributed by atoms with E-state index in [0.717, 1.165) is 27.7 Å². The normalized spacial score (nSPS) is 27.2. The van der Waals surface area contributed by atoms with Gasteiger partial charge in [0, 0.05) is 27.7 Å². The van der Waals surface area contributed by atoms with Crippen molar-refractivity contribution in [3.05, 3.63) is 0 Å². The lowest BCUT2D eigenvalue weighted by atomic mass is 9.82. The van der Waals surface area contributed by atoms with Crippen molar-refractivity contribution in [2.75, 3.05) is 12.4 Å². The van der Waals surface area contributed by atoms with Gasteiger partial charge in [0.05, 0.1) is 5.75 Å². The van der Waals surface area contributed by atoms with Crippen LogP contribution in [0.25, 0.3) is 0 Å². The highest BCUT2D eigenvalue weighted by Gasteiger charge is 2.67. The Labute approximate surface area is 197 Å². The summed E-state index contributed by atoms with van der Waals surface area (Å²) in [5, 5.41) is 0. The average molecular weight is 514 g/mol. The summed E-state index contributed by atoms with van der Waals surface area (Å²) in [4.78, 5) is 47.4. The van der Waals surface area contributed by atoms with Crippen LogP contribution in [0.4, 0.5) is 4.39 Å². The number of carbonyl (C=O) groups excluding carboxylic acids is 4. The molecule has 0 amide bonds. The Kier molecular flexibility index (Phi) is 9.97. The summed E-state index contributed by atoms with van der Waals surface area (Å²) in [7, 11) is -4.19. The largest absolute Gasteiger partial charge is 0.462 e. The second-order valence-corrected chi connectivity index (χ2v) is 10.2. The minimum atomic E-state index is -4.19. The van der Waals surface area contributed by atoms with Gasteiger partial charge in [0.25, 0.3) is 5.79 Å². The van der Waals surface area contributed by atoms with Gasteiger partial charge in [0.15, 0.2) is 12.3 Å². The molecule has 1 aliphatic rings. The fourth-order valence-corrected chi connectivity index (χ4v) is 4.92. The van der Waals surface area contributed by atoms with Crippen molar-refractivity contribution in [3.8, 4) is 0 Å². The van der Waals surface area contributed by atoms with Gasteiger partial charge in [-0.15, -0.1) is 0 Å². The number of carbonyl (C=O) groups is 4. The number of hydrogen-bond donors (Lipinski definition) is 1. The third-order valence-corrected chi connectivity index (χ3v) is 6.28. The van der Waals surface area contributed by atoms with E-state index in [-0.39, 0.29) is 6.42 Å². The first-order valence-corrected chi connectivity index (χ1v) is 12.1. The van der Waals surface area contributed by atoms with Crippen LogP contribution in [-0.4, -0.2) is 80.5 Å². The number of nitrogens with one attached hydrogen (secondary N) is 1. The molecule has 34 heavy (non-hydrogen) atoms. The molecule has 5 atom stereocenters. The van der Waals surface area contributed by atoms with E-state index in [4.69, 9.17) is 23.7 Å². The molecular weight excluding hydrogens is 481 g/mol. The maximum Gasteiger partial charge on any atom is 0.305 e. The molecule has 1 aliphatic heterocycles. The van der Waals surface area contributed by atoms with Gasteiger partial charge in [-0.05, 0) is 20.3 Å². The molecule has 0 aliphatic carbocycles. The number of sulfonamides is 1. The zero-order valence-corrected chi connectivity index (χ0v) is 21.0. The Morgan fingerprint density at radius 2 is 1.62 bits per heavy atom. The molecule has 1 heterocycles. The molecule has 0 radical (unpaired) electrons. The number of hydrogen-bond acceptors (Lipinski definition) is 11. The third kappa shape index (κ3) is 7.60. The monoisotopic (exact) mass is 513 g/mol. The van der Waals surface area contributed by atoms with Crippen molar-refractivity contribution in [1.82, 2.24) is 4.72 Å². The minimum absolute atomic E-state index is 0.160. The van der Waals surface area contributed by atoms with Gasteiger partial charge in [-0.2, -0.15) is 0 Å². The molecule has 1 rings (SSSR count). The van der Waals surface area contributed by atoms with Crippen LogP contribution in [-0.2, 0) is 52.9 Å². The summed E-state index contributed by atoms with van der Waals surface area (Å²) < 4.78 is 69.7. The molecule has 0 aromatic rings. The quantitative estimate of drug-likeness (QED) is 0.320. The van der Waals surface area contributed by atoms with Crippen LogP contribution >= 0.6 is 0 Å². The minimum Gasteiger partial charge on any atom is -0.462 e. The van der Waals surface area contributed by atoms with E-state index in [9.17, 15) is 27.6 Å². The lowest BCUT2D eigenvalue weighted by Crippen LogP contribution is -2.77. The highest BCUT2D eigenvalue weighted by Crippen LogP contribution is 2.43. The second-order valence-electron chi connectivity index (χ2n) is 8.31. The van der Waals surface area contributed by atoms with Gasteiger partial charge >= 0.3 is 23.9 Å². The molecule has 1 saturated heterocycles. The fraction of sp³-hybridized carbons (Fsp3) is 0.800. The van der Waals surface area contributed by atoms with Gasteiger partial charge in [-0.3, -0.25) is 19.2 Å². The van der Waals surface area contributed by atoms with E-state index in [1.807, 2.05) is 0 Å². The van der Waals surface area contributed by atoms with Gasteiger partial charge in [0.1, 0.15) is 18.2 Å². The Hall–Kier alpha value is -2.32. The van der Waals surface area contributed by atoms with Crippen LogP contribution in [0.15, 0.2) is 0 Å². The lowest BCUT2D eigenvalue weighted by Gasteiger charge is -2.54. The smallest absolute Gasteiger partial charge is 0.305 e. The summed E-state index contributed by atoms with van der Waals surface area (Å²) in [5.41, 5.74) is -1.86. The molecule has 0 saturated carbocycles. The number of rotatable bonds is 10. The number of esters is 4. The molecule has 196 valence electrons. The van der Waals surface area contributed by atoms with Gasteiger partial charge in [0.2, 0.25) is 16.1 Å². The second kappa shape index (κ2) is 11.4. The topological polar surface area (TPSA) is 161 Å². The third-order valence-electron chi connectivity index (χ3n) is 4.72. The number of ether oxygens (including phenoxy) is 5. The predicted octanol–water partition coefficient (Wildman–Crippen LogP) is 0.517. The first-order valence-electron chi connectivity index (χ1n) is 10.5. The molecule has 0 aromatic carbocycles. The van der Waals surface area contributed by atoms with E-state index < -0.39 is 82.1 Å². The lowest BCUT2D eigenvalue weighted by molar-refractivity contribution is -0.364. The first kappa shape index (κ1) is 29.7. The fourth-order valence-electron chi connectivity index (χ4n) is 3.58. The molecule has 0 bridgehead atoms. The molecule has 0 aromatic heterocycles. The molecular formula is C20H32FNO11S. The van der Waals surface area contributed by atoms with E-state index in [0.29, 0.717) is 0 Å². The van der Waals surface area contributed by atoms with Crippen LogP contribution in [0.3, 0.4) is 0 Å². The zero-order valence-electron chi connectivity index (χ0n) is 20.2. The van der Waals surface area contributed by atoms with E-state index in [1.165, 1.54) is 13.8 Å². The van der Waals surface area contributed by atoms with E-state index in [2.05, 4.69) is 4.72 Å². The molecule has 0 spiro atoms. The highest BCUT2D eigenvalue weighted by molar-refractivity contribution is 7.89.